The highest BCUT2D eigenvalue weighted by atomic mass is 28.3. The Labute approximate surface area is 195 Å². The van der Waals surface area contributed by atoms with Gasteiger partial charge in [-0.1, -0.05) is 144 Å². The molecule has 0 heterocycles. The Kier molecular flexibility index (Phi) is 6.02. The summed E-state index contributed by atoms with van der Waals surface area (Å²) in [6.45, 7) is 5.13. The van der Waals surface area contributed by atoms with Crippen molar-refractivity contribution in [3.05, 3.63) is 131 Å². The van der Waals surface area contributed by atoms with Gasteiger partial charge in [-0.2, -0.15) is 0 Å². The van der Waals surface area contributed by atoms with Crippen LogP contribution in [-0.2, 0) is 0 Å². The van der Waals surface area contributed by atoms with E-state index in [4.69, 9.17) is 0 Å². The highest BCUT2D eigenvalue weighted by Crippen LogP contribution is 2.62. The van der Waals surface area contributed by atoms with Gasteiger partial charge in [0.15, 0.2) is 0 Å². The first kappa shape index (κ1) is 21.2. The van der Waals surface area contributed by atoms with Gasteiger partial charge in [0.2, 0.25) is 0 Å². The topological polar surface area (TPSA) is 0 Å². The summed E-state index contributed by atoms with van der Waals surface area (Å²) in [7, 11) is -1.29. The van der Waals surface area contributed by atoms with Crippen molar-refractivity contribution in [1.82, 2.24) is 0 Å². The van der Waals surface area contributed by atoms with Crippen molar-refractivity contribution in [2.45, 2.75) is 44.7 Å². The molecular formula is C31H33Si. The standard InChI is InChI=1S/C31H33Si/c1-24(32(2)29-22-4-3-5-23-29)31(27-18-10-11-19-27,28-20-12-13-21-28)30(25-14-6-7-15-25)26-16-8-9-17-26/h3-14,16,18,20,22-24,32H,15,17,19,21H2,1-2H3. The number of benzene rings is 1. The van der Waals surface area contributed by atoms with Crippen LogP contribution in [0.1, 0.15) is 32.6 Å². The Balaban J connectivity index is 1.72. The Morgan fingerprint density at radius 1 is 0.719 bits per heavy atom. The third-order valence-electron chi connectivity index (χ3n) is 7.89. The van der Waals surface area contributed by atoms with Gasteiger partial charge >= 0.3 is 0 Å². The maximum absolute atomic E-state index is 2.57. The summed E-state index contributed by atoms with van der Waals surface area (Å²) in [5.74, 6) is 1.60. The predicted molar refractivity (Wildman–Crippen MR) is 142 cm³/mol. The minimum absolute atomic E-state index is 0.0514. The van der Waals surface area contributed by atoms with E-state index in [2.05, 4.69) is 117 Å². The van der Waals surface area contributed by atoms with Crippen LogP contribution < -0.4 is 5.19 Å². The van der Waals surface area contributed by atoms with E-state index in [0.717, 1.165) is 25.7 Å². The van der Waals surface area contributed by atoms with E-state index in [-0.39, 0.29) is 5.41 Å². The summed E-state index contributed by atoms with van der Waals surface area (Å²) in [6.07, 6.45) is 32.3. The lowest BCUT2D eigenvalue weighted by molar-refractivity contribution is 0.431. The maximum Gasteiger partial charge on any atom is 0.0717 e. The molecule has 0 aromatic heterocycles. The highest BCUT2D eigenvalue weighted by Gasteiger charge is 2.53. The summed E-state index contributed by atoms with van der Waals surface area (Å²) in [4.78, 5) is 0. The number of hydrogen-bond donors (Lipinski definition) is 0. The molecule has 1 aromatic rings. The second-order valence-electron chi connectivity index (χ2n) is 9.47. The first-order valence-electron chi connectivity index (χ1n) is 12.1. The number of allylic oxidation sites excluding steroid dienone is 16. The van der Waals surface area contributed by atoms with Crippen molar-refractivity contribution in [3.63, 3.8) is 0 Å². The predicted octanol–water partition coefficient (Wildman–Crippen LogP) is 7.25. The van der Waals surface area contributed by atoms with Crippen molar-refractivity contribution in [1.29, 1.82) is 0 Å². The van der Waals surface area contributed by atoms with Crippen LogP contribution in [0, 0.1) is 11.3 Å². The molecule has 0 amide bonds. The first-order chi connectivity index (χ1) is 15.7. The summed E-state index contributed by atoms with van der Waals surface area (Å²) >= 11 is 0. The molecule has 1 radical (unpaired) electrons. The average Bonchev–Trinajstić information content (AvgIpc) is 3.65. The Morgan fingerprint density at radius 3 is 1.66 bits per heavy atom. The molecule has 4 aliphatic carbocycles. The van der Waals surface area contributed by atoms with Crippen LogP contribution in [0.3, 0.4) is 0 Å². The van der Waals surface area contributed by atoms with Crippen LogP contribution in [0.5, 0.6) is 0 Å². The van der Waals surface area contributed by atoms with Gasteiger partial charge in [0.1, 0.15) is 0 Å². The molecule has 5 rings (SSSR count). The van der Waals surface area contributed by atoms with Gasteiger partial charge in [-0.3, -0.25) is 0 Å². The van der Waals surface area contributed by atoms with Gasteiger partial charge in [0.25, 0.3) is 0 Å². The van der Waals surface area contributed by atoms with E-state index in [1.165, 1.54) is 11.1 Å². The van der Waals surface area contributed by atoms with Gasteiger partial charge in [-0.25, -0.2) is 0 Å². The van der Waals surface area contributed by atoms with E-state index in [1.54, 1.807) is 22.3 Å². The van der Waals surface area contributed by atoms with E-state index < -0.39 is 8.80 Å². The molecule has 0 spiro atoms. The maximum atomic E-state index is 2.57. The first-order valence-corrected chi connectivity index (χ1v) is 14.5. The zero-order valence-electron chi connectivity index (χ0n) is 19.3. The Bertz CT molecular complexity index is 1040. The lowest BCUT2D eigenvalue weighted by atomic mass is 9.57. The zero-order valence-corrected chi connectivity index (χ0v) is 20.5. The lowest BCUT2D eigenvalue weighted by Crippen LogP contribution is -2.46. The van der Waals surface area contributed by atoms with E-state index in [9.17, 15) is 0 Å². The molecule has 0 N–H and O–H groups in total. The van der Waals surface area contributed by atoms with E-state index in [1.807, 2.05) is 0 Å². The quantitative estimate of drug-likeness (QED) is 0.379. The van der Waals surface area contributed by atoms with Gasteiger partial charge in [-0.05, 0) is 31.2 Å². The van der Waals surface area contributed by atoms with Crippen LogP contribution in [0.2, 0.25) is 12.1 Å². The molecule has 2 atom stereocenters. The molecule has 0 saturated carbocycles. The SMILES string of the molecule is CC([SiH](C)c1ccccc1)C([C](C1=CC=CC1)C1=CC=CC1)(C1=CC=CC1)C1=CC=CC1. The van der Waals surface area contributed by atoms with Crippen molar-refractivity contribution in [2.75, 3.05) is 0 Å². The average molecular weight is 434 g/mol. The fourth-order valence-electron chi connectivity index (χ4n) is 6.22. The molecule has 0 nitrogen and oxygen atoms in total. The van der Waals surface area contributed by atoms with Crippen LogP contribution in [0.25, 0.3) is 0 Å². The van der Waals surface area contributed by atoms with Gasteiger partial charge in [0, 0.05) is 11.3 Å². The molecule has 1 heteroatoms. The summed E-state index contributed by atoms with van der Waals surface area (Å²) < 4.78 is 0. The van der Waals surface area contributed by atoms with Crippen molar-refractivity contribution < 1.29 is 0 Å². The highest BCUT2D eigenvalue weighted by molar-refractivity contribution is 6.73. The normalized spacial score (nSPS) is 21.2. The van der Waals surface area contributed by atoms with Gasteiger partial charge in [-0.15, -0.1) is 0 Å². The van der Waals surface area contributed by atoms with Crippen molar-refractivity contribution >= 4 is 14.0 Å². The summed E-state index contributed by atoms with van der Waals surface area (Å²) in [5.41, 5.74) is 6.71. The zero-order chi connectivity index (χ0) is 22.0. The lowest BCUT2D eigenvalue weighted by Gasteiger charge is -2.51. The van der Waals surface area contributed by atoms with Gasteiger partial charge in [0.05, 0.1) is 8.80 Å². The molecule has 4 aliphatic rings. The summed E-state index contributed by atoms with van der Waals surface area (Å²) in [5, 5.41) is 1.57. The molecule has 1 aromatic carbocycles. The fraction of sp³-hybridized carbons (Fsp3) is 0.258. The third-order valence-corrected chi connectivity index (χ3v) is 11.3. The minimum Gasteiger partial charge on any atom is -0.0804 e. The third kappa shape index (κ3) is 3.53. The smallest absolute Gasteiger partial charge is 0.0717 e. The molecule has 0 bridgehead atoms. The van der Waals surface area contributed by atoms with Crippen molar-refractivity contribution in [3.8, 4) is 0 Å². The molecule has 32 heavy (non-hydrogen) atoms. The fourth-order valence-corrected chi connectivity index (χ4v) is 8.97. The molecule has 0 saturated heterocycles. The molecule has 0 aliphatic heterocycles. The Hall–Kier alpha value is -2.64. The van der Waals surface area contributed by atoms with Crippen LogP contribution in [0.15, 0.2) is 126 Å². The summed E-state index contributed by atoms with van der Waals surface area (Å²) in [6, 6.07) is 11.3. The molecule has 161 valence electrons. The monoisotopic (exact) mass is 433 g/mol. The second kappa shape index (κ2) is 9.08. The second-order valence-corrected chi connectivity index (χ2v) is 12.7. The molecular weight excluding hydrogens is 400 g/mol. The van der Waals surface area contributed by atoms with Crippen LogP contribution in [-0.4, -0.2) is 8.80 Å². The van der Waals surface area contributed by atoms with Gasteiger partial charge < -0.3 is 0 Å². The van der Waals surface area contributed by atoms with E-state index in [0.29, 0.717) is 5.54 Å². The van der Waals surface area contributed by atoms with Crippen LogP contribution in [0.4, 0.5) is 0 Å². The molecule has 0 fully saturated rings. The minimum atomic E-state index is -1.29. The number of rotatable bonds is 8. The number of hydrogen-bond acceptors (Lipinski definition) is 0. The van der Waals surface area contributed by atoms with Crippen molar-refractivity contribution in [2.24, 2.45) is 5.41 Å². The Morgan fingerprint density at radius 2 is 1.22 bits per heavy atom. The largest absolute Gasteiger partial charge is 0.0804 e. The molecule has 2 unspecified atom stereocenters. The van der Waals surface area contributed by atoms with Crippen LogP contribution >= 0.6 is 0 Å². The van der Waals surface area contributed by atoms with E-state index >= 15 is 0 Å².